The molecule has 0 aliphatic rings. The first-order valence-electron chi connectivity index (χ1n) is 5.22. The fraction of sp³-hybridized carbons (Fsp3) is 0.182. The maximum absolute atomic E-state index is 11.1. The number of pyridine rings is 1. The van der Waals surface area contributed by atoms with Gasteiger partial charge in [-0.2, -0.15) is 0 Å². The summed E-state index contributed by atoms with van der Waals surface area (Å²) in [6, 6.07) is 3.21. The summed E-state index contributed by atoms with van der Waals surface area (Å²) in [6.45, 7) is 1.51. The van der Waals surface area contributed by atoms with E-state index in [1.54, 1.807) is 12.1 Å². The number of hydrogen-bond donors (Lipinski definition) is 0. The maximum Gasteiger partial charge on any atom is 0.316 e. The number of aromatic nitrogens is 3. The van der Waals surface area contributed by atoms with Crippen LogP contribution in [0.4, 0.5) is 5.69 Å². The number of hydrogen-bond acceptors (Lipinski definition) is 6. The van der Waals surface area contributed by atoms with E-state index in [2.05, 4.69) is 15.0 Å². The monoisotopic (exact) mass is 280 g/mol. The van der Waals surface area contributed by atoms with E-state index in [1.807, 2.05) is 0 Å². The van der Waals surface area contributed by atoms with Gasteiger partial charge in [0.05, 0.1) is 12.0 Å². The predicted octanol–water partition coefficient (Wildman–Crippen LogP) is 2.42. The first-order chi connectivity index (χ1) is 9.02. The molecule has 7 nitrogen and oxygen atoms in total. The molecule has 8 heteroatoms. The molecule has 0 radical (unpaired) electrons. The minimum Gasteiger partial charge on any atom is -0.481 e. The standard InChI is InChI=1S/C11H9ClN4O3/c1-6-10(16(17)18)9(15-11(12)14-6)7-3-4-8(19-2)13-5-7/h3-5H,1-2H3. The Hall–Kier alpha value is -2.28. The molecule has 0 aromatic carbocycles. The minimum absolute atomic E-state index is 0.0473. The zero-order chi connectivity index (χ0) is 14.0. The highest BCUT2D eigenvalue weighted by molar-refractivity contribution is 6.28. The van der Waals surface area contributed by atoms with E-state index in [4.69, 9.17) is 16.3 Å². The number of rotatable bonds is 3. The lowest BCUT2D eigenvalue weighted by Crippen LogP contribution is -2.01. The second-order valence-corrected chi connectivity index (χ2v) is 3.96. The summed E-state index contributed by atoms with van der Waals surface area (Å²) >= 11 is 5.75. The average Bonchev–Trinajstić information content (AvgIpc) is 2.37. The van der Waals surface area contributed by atoms with Crippen LogP contribution in [0.3, 0.4) is 0 Å². The third kappa shape index (κ3) is 2.60. The SMILES string of the molecule is COc1ccc(-c2nc(Cl)nc(C)c2[N+](=O)[O-])cn1. The molecule has 0 aliphatic carbocycles. The Morgan fingerprint density at radius 2 is 2.11 bits per heavy atom. The first-order valence-corrected chi connectivity index (χ1v) is 5.59. The summed E-state index contributed by atoms with van der Waals surface area (Å²) in [5.41, 5.74) is 0.629. The molecule has 0 amide bonds. The molecule has 2 aromatic rings. The van der Waals surface area contributed by atoms with Crippen molar-refractivity contribution in [3.05, 3.63) is 39.4 Å². The number of aryl methyl sites for hydroxylation is 1. The summed E-state index contributed by atoms with van der Waals surface area (Å²) in [4.78, 5) is 22.2. The molecule has 0 saturated carbocycles. The van der Waals surface area contributed by atoms with Gasteiger partial charge >= 0.3 is 5.69 Å². The lowest BCUT2D eigenvalue weighted by molar-refractivity contribution is -0.385. The highest BCUT2D eigenvalue weighted by Gasteiger charge is 2.23. The van der Waals surface area contributed by atoms with Gasteiger partial charge in [-0.05, 0) is 24.6 Å². The van der Waals surface area contributed by atoms with Crippen molar-refractivity contribution in [2.75, 3.05) is 7.11 Å². The largest absolute Gasteiger partial charge is 0.481 e. The smallest absolute Gasteiger partial charge is 0.316 e. The van der Waals surface area contributed by atoms with Crippen molar-refractivity contribution in [2.24, 2.45) is 0 Å². The lowest BCUT2D eigenvalue weighted by Gasteiger charge is -2.05. The Labute approximate surface area is 113 Å². The molecule has 0 saturated heterocycles. The molecule has 0 aliphatic heterocycles. The van der Waals surface area contributed by atoms with Crippen LogP contribution in [0.2, 0.25) is 5.28 Å². The molecule has 0 fully saturated rings. The first kappa shape index (κ1) is 13.2. The van der Waals surface area contributed by atoms with Gasteiger partial charge in [0.15, 0.2) is 5.69 Å². The second kappa shape index (κ2) is 5.15. The molecular formula is C11H9ClN4O3. The minimum atomic E-state index is -0.536. The van der Waals surface area contributed by atoms with Crippen LogP contribution in [0, 0.1) is 17.0 Å². The van der Waals surface area contributed by atoms with Crippen molar-refractivity contribution in [2.45, 2.75) is 6.92 Å². The van der Waals surface area contributed by atoms with E-state index in [0.29, 0.717) is 11.4 Å². The summed E-state index contributed by atoms with van der Waals surface area (Å²) in [7, 11) is 1.48. The van der Waals surface area contributed by atoms with Gasteiger partial charge < -0.3 is 4.74 Å². The Morgan fingerprint density at radius 3 is 2.63 bits per heavy atom. The van der Waals surface area contributed by atoms with Gasteiger partial charge in [-0.25, -0.2) is 15.0 Å². The molecule has 0 spiro atoms. The summed E-state index contributed by atoms with van der Waals surface area (Å²) in [5, 5.41) is 11.0. The van der Waals surface area contributed by atoms with Crippen molar-refractivity contribution in [1.82, 2.24) is 15.0 Å². The molecule has 0 atom stereocenters. The fourth-order valence-corrected chi connectivity index (χ4v) is 1.81. The van der Waals surface area contributed by atoms with Crippen molar-refractivity contribution in [1.29, 1.82) is 0 Å². The van der Waals surface area contributed by atoms with Crippen molar-refractivity contribution >= 4 is 17.3 Å². The highest BCUT2D eigenvalue weighted by atomic mass is 35.5. The highest BCUT2D eigenvalue weighted by Crippen LogP contribution is 2.31. The van der Waals surface area contributed by atoms with E-state index in [1.165, 1.54) is 20.2 Å². The molecule has 0 unspecified atom stereocenters. The van der Waals surface area contributed by atoms with Gasteiger partial charge in [0.25, 0.3) is 0 Å². The van der Waals surface area contributed by atoms with Crippen LogP contribution in [-0.4, -0.2) is 27.0 Å². The van der Waals surface area contributed by atoms with E-state index in [0.717, 1.165) is 0 Å². The molecule has 2 heterocycles. The second-order valence-electron chi connectivity index (χ2n) is 3.62. The van der Waals surface area contributed by atoms with Crippen molar-refractivity contribution in [3.63, 3.8) is 0 Å². The van der Waals surface area contributed by atoms with Crippen LogP contribution < -0.4 is 4.74 Å². The van der Waals surface area contributed by atoms with Crippen LogP contribution in [0.5, 0.6) is 5.88 Å². The zero-order valence-electron chi connectivity index (χ0n) is 10.1. The summed E-state index contributed by atoms with van der Waals surface area (Å²) < 4.78 is 4.93. The Bertz CT molecular complexity index is 631. The Kier molecular flexibility index (Phi) is 3.57. The van der Waals surface area contributed by atoms with Gasteiger partial charge in [-0.3, -0.25) is 10.1 Å². The van der Waals surface area contributed by atoms with Crippen LogP contribution in [0.1, 0.15) is 5.69 Å². The number of halogens is 1. The topological polar surface area (TPSA) is 91.0 Å². The number of nitrogens with zero attached hydrogens (tertiary/aromatic N) is 4. The van der Waals surface area contributed by atoms with Crippen molar-refractivity contribution in [3.8, 4) is 17.1 Å². The number of nitro groups is 1. The number of methoxy groups -OCH3 is 1. The quantitative estimate of drug-likeness (QED) is 0.487. The summed E-state index contributed by atoms with van der Waals surface area (Å²) in [6.07, 6.45) is 1.43. The van der Waals surface area contributed by atoms with Gasteiger partial charge in [0.2, 0.25) is 11.2 Å². The van der Waals surface area contributed by atoms with Crippen LogP contribution in [0.15, 0.2) is 18.3 Å². The molecule has 0 bridgehead atoms. The van der Waals surface area contributed by atoms with Crippen molar-refractivity contribution < 1.29 is 9.66 Å². The maximum atomic E-state index is 11.1. The van der Waals surface area contributed by atoms with E-state index >= 15 is 0 Å². The van der Waals surface area contributed by atoms with E-state index in [9.17, 15) is 10.1 Å². The molecule has 2 aromatic heterocycles. The zero-order valence-corrected chi connectivity index (χ0v) is 10.9. The molecule has 98 valence electrons. The third-order valence-corrected chi connectivity index (χ3v) is 2.60. The lowest BCUT2D eigenvalue weighted by atomic mass is 10.1. The van der Waals surface area contributed by atoms with E-state index in [-0.39, 0.29) is 22.4 Å². The Morgan fingerprint density at radius 1 is 1.37 bits per heavy atom. The number of ether oxygens (including phenoxy) is 1. The third-order valence-electron chi connectivity index (χ3n) is 2.43. The summed E-state index contributed by atoms with van der Waals surface area (Å²) in [5.74, 6) is 0.406. The molecule has 2 rings (SSSR count). The van der Waals surface area contributed by atoms with Crippen LogP contribution >= 0.6 is 11.6 Å². The van der Waals surface area contributed by atoms with Gasteiger partial charge in [-0.15, -0.1) is 0 Å². The van der Waals surface area contributed by atoms with Crippen LogP contribution in [0.25, 0.3) is 11.3 Å². The van der Waals surface area contributed by atoms with Gasteiger partial charge in [0.1, 0.15) is 5.69 Å². The van der Waals surface area contributed by atoms with Gasteiger partial charge in [-0.1, -0.05) is 0 Å². The predicted molar refractivity (Wildman–Crippen MR) is 68.2 cm³/mol. The molecule has 19 heavy (non-hydrogen) atoms. The normalized spacial score (nSPS) is 10.3. The average molecular weight is 281 g/mol. The molecule has 0 N–H and O–H groups in total. The van der Waals surface area contributed by atoms with E-state index < -0.39 is 4.92 Å². The fourth-order valence-electron chi connectivity index (χ4n) is 1.59. The van der Waals surface area contributed by atoms with Crippen LogP contribution in [-0.2, 0) is 0 Å². The Balaban J connectivity index is 2.62. The molecular weight excluding hydrogens is 272 g/mol. The van der Waals surface area contributed by atoms with Gasteiger partial charge in [0, 0.05) is 17.8 Å².